The van der Waals surface area contributed by atoms with E-state index < -0.39 is 0 Å². The fourth-order valence-corrected chi connectivity index (χ4v) is 4.03. The van der Waals surface area contributed by atoms with Crippen molar-refractivity contribution in [1.29, 1.82) is 0 Å². The average Bonchev–Trinajstić information content (AvgIpc) is 3.07. The monoisotopic (exact) mass is 371 g/mol. The summed E-state index contributed by atoms with van der Waals surface area (Å²) in [6, 6.07) is 3.80. The summed E-state index contributed by atoms with van der Waals surface area (Å²) < 4.78 is 1.77. The number of pyridine rings is 1. The number of likely N-dealkylation sites (tertiary alicyclic amines) is 1. The number of aromatic nitrogens is 2. The highest BCUT2D eigenvalue weighted by atomic mass is 16.3. The number of carbonyl (C=O) groups is 2. The second kappa shape index (κ2) is 7.66. The maximum atomic E-state index is 12.2. The maximum absolute atomic E-state index is 12.2. The first-order valence-corrected chi connectivity index (χ1v) is 9.55. The van der Waals surface area contributed by atoms with Crippen LogP contribution in [0.4, 0.5) is 10.5 Å². The molecular formula is C19H25N5O3. The van der Waals surface area contributed by atoms with Gasteiger partial charge in [-0.2, -0.15) is 5.10 Å². The van der Waals surface area contributed by atoms with Crippen molar-refractivity contribution in [3.63, 3.8) is 0 Å². The van der Waals surface area contributed by atoms with Crippen molar-refractivity contribution in [2.24, 2.45) is 5.92 Å². The molecule has 0 bridgehead atoms. The van der Waals surface area contributed by atoms with E-state index in [9.17, 15) is 9.59 Å². The van der Waals surface area contributed by atoms with Crippen LogP contribution in [0.25, 0.3) is 5.52 Å². The van der Waals surface area contributed by atoms with Crippen LogP contribution < -0.4 is 10.2 Å². The van der Waals surface area contributed by atoms with Crippen molar-refractivity contribution >= 4 is 23.1 Å². The number of aliphatic hydroxyl groups is 1. The number of amides is 3. The molecule has 3 amide bonds. The van der Waals surface area contributed by atoms with Crippen molar-refractivity contribution in [1.82, 2.24) is 19.8 Å². The highest BCUT2D eigenvalue weighted by Crippen LogP contribution is 2.27. The van der Waals surface area contributed by atoms with Crippen molar-refractivity contribution in [3.05, 3.63) is 30.1 Å². The number of imide groups is 1. The number of fused-ring (bicyclic) bond motifs is 1. The molecule has 0 saturated carbocycles. The highest BCUT2D eigenvalue weighted by Gasteiger charge is 2.27. The number of nitrogens with zero attached hydrogens (tertiary/aromatic N) is 4. The van der Waals surface area contributed by atoms with Gasteiger partial charge < -0.3 is 10.0 Å². The second-order valence-corrected chi connectivity index (χ2v) is 7.36. The van der Waals surface area contributed by atoms with Gasteiger partial charge in [-0.15, -0.1) is 0 Å². The van der Waals surface area contributed by atoms with Gasteiger partial charge >= 0.3 is 6.03 Å². The summed E-state index contributed by atoms with van der Waals surface area (Å²) in [6.07, 6.45) is 7.18. The van der Waals surface area contributed by atoms with Gasteiger partial charge in [-0.1, -0.05) is 0 Å². The van der Waals surface area contributed by atoms with Gasteiger partial charge in [0.05, 0.1) is 24.0 Å². The lowest BCUT2D eigenvalue weighted by molar-refractivity contribution is -0.120. The number of urea groups is 1. The predicted octanol–water partition coefficient (Wildman–Crippen LogP) is 1.03. The molecule has 0 aromatic carbocycles. The first-order chi connectivity index (χ1) is 13.1. The molecule has 2 aliphatic heterocycles. The SMILES string of the molecule is O=C1CCN(c2cnn3ccc(CC4CCN(CCO)CC4)cc23)C(=O)N1. The minimum atomic E-state index is -0.386. The number of hydrogen-bond acceptors (Lipinski definition) is 5. The number of aliphatic hydroxyl groups excluding tert-OH is 1. The Bertz CT molecular complexity index is 841. The lowest BCUT2D eigenvalue weighted by Crippen LogP contribution is -2.49. The largest absolute Gasteiger partial charge is 0.395 e. The molecule has 0 spiro atoms. The highest BCUT2D eigenvalue weighted by molar-refractivity contribution is 6.07. The summed E-state index contributed by atoms with van der Waals surface area (Å²) in [5, 5.41) is 15.8. The standard InChI is InChI=1S/C19H25N5O3/c25-10-9-22-5-1-14(2-6-22)11-15-3-8-24-16(12-15)17(13-20-24)23-7-4-18(26)21-19(23)27/h3,8,12-14,25H,1-2,4-7,9-11H2,(H,21,26,27). The number of nitrogens with one attached hydrogen (secondary N) is 1. The van der Waals surface area contributed by atoms with Crippen LogP contribution in [0.1, 0.15) is 24.8 Å². The Morgan fingerprint density at radius 2 is 2.04 bits per heavy atom. The maximum Gasteiger partial charge on any atom is 0.328 e. The lowest BCUT2D eigenvalue weighted by atomic mass is 9.90. The molecule has 4 rings (SSSR count). The second-order valence-electron chi connectivity index (χ2n) is 7.36. The number of β-amino-alcohol motifs (C(OH)–C–C–N with tert-alkyl or cyclic N) is 1. The minimum Gasteiger partial charge on any atom is -0.395 e. The summed E-state index contributed by atoms with van der Waals surface area (Å²) >= 11 is 0. The lowest BCUT2D eigenvalue weighted by Gasteiger charge is -2.31. The number of piperidine rings is 1. The third-order valence-electron chi connectivity index (χ3n) is 5.56. The van der Waals surface area contributed by atoms with Crippen LogP contribution in [-0.4, -0.2) is 64.3 Å². The van der Waals surface area contributed by atoms with E-state index in [0.717, 1.165) is 50.1 Å². The molecule has 0 atom stereocenters. The van der Waals surface area contributed by atoms with E-state index in [4.69, 9.17) is 5.11 Å². The Labute approximate surface area is 157 Å². The van der Waals surface area contributed by atoms with Crippen LogP contribution in [0.5, 0.6) is 0 Å². The van der Waals surface area contributed by atoms with Crippen molar-refractivity contribution < 1.29 is 14.7 Å². The molecule has 2 aromatic rings. The van der Waals surface area contributed by atoms with E-state index in [-0.39, 0.29) is 18.5 Å². The van der Waals surface area contributed by atoms with Crippen molar-refractivity contribution in [2.75, 3.05) is 37.7 Å². The summed E-state index contributed by atoms with van der Waals surface area (Å²) in [6.45, 7) is 3.43. The average molecular weight is 371 g/mol. The van der Waals surface area contributed by atoms with E-state index in [1.807, 2.05) is 6.20 Å². The molecule has 0 aliphatic carbocycles. The van der Waals surface area contributed by atoms with Crippen LogP contribution >= 0.6 is 0 Å². The first kappa shape index (κ1) is 17.9. The van der Waals surface area contributed by atoms with Gasteiger partial charge in [0.25, 0.3) is 0 Å². The first-order valence-electron chi connectivity index (χ1n) is 9.55. The molecule has 2 N–H and O–H groups in total. The van der Waals surface area contributed by atoms with Crippen LogP contribution in [0, 0.1) is 5.92 Å². The van der Waals surface area contributed by atoms with E-state index in [0.29, 0.717) is 18.9 Å². The molecule has 2 aliphatic rings. The molecule has 0 radical (unpaired) electrons. The fraction of sp³-hybridized carbons (Fsp3) is 0.526. The Morgan fingerprint density at radius 1 is 1.22 bits per heavy atom. The fourth-order valence-electron chi connectivity index (χ4n) is 4.03. The van der Waals surface area contributed by atoms with E-state index in [1.165, 1.54) is 5.56 Å². The topological polar surface area (TPSA) is 90.2 Å². The molecule has 8 nitrogen and oxygen atoms in total. The molecule has 144 valence electrons. The van der Waals surface area contributed by atoms with Gasteiger partial charge in [0.2, 0.25) is 5.91 Å². The molecule has 27 heavy (non-hydrogen) atoms. The van der Waals surface area contributed by atoms with Gasteiger partial charge in [0.15, 0.2) is 0 Å². The third-order valence-corrected chi connectivity index (χ3v) is 5.56. The van der Waals surface area contributed by atoms with Crippen molar-refractivity contribution in [2.45, 2.75) is 25.7 Å². The molecule has 0 unspecified atom stereocenters. The van der Waals surface area contributed by atoms with E-state index in [1.54, 1.807) is 15.6 Å². The Morgan fingerprint density at radius 3 is 2.78 bits per heavy atom. The molecular weight excluding hydrogens is 346 g/mol. The summed E-state index contributed by atoms with van der Waals surface area (Å²) in [5.41, 5.74) is 2.85. The number of carbonyl (C=O) groups excluding carboxylic acids is 2. The Balaban J connectivity index is 1.49. The summed E-state index contributed by atoms with van der Waals surface area (Å²) in [7, 11) is 0. The molecule has 2 aromatic heterocycles. The van der Waals surface area contributed by atoms with E-state index >= 15 is 0 Å². The molecule has 8 heteroatoms. The van der Waals surface area contributed by atoms with Gasteiger partial charge in [-0.05, 0) is 56.0 Å². The third kappa shape index (κ3) is 3.81. The number of anilines is 1. The molecule has 4 heterocycles. The zero-order valence-corrected chi connectivity index (χ0v) is 15.3. The number of rotatable bonds is 5. The van der Waals surface area contributed by atoms with E-state index in [2.05, 4.69) is 27.4 Å². The smallest absolute Gasteiger partial charge is 0.328 e. The quantitative estimate of drug-likeness (QED) is 0.819. The van der Waals surface area contributed by atoms with Crippen LogP contribution in [-0.2, 0) is 11.2 Å². The normalized spacial score (nSPS) is 19.7. The number of hydrogen-bond donors (Lipinski definition) is 2. The Kier molecular flexibility index (Phi) is 5.09. The zero-order valence-electron chi connectivity index (χ0n) is 15.3. The van der Waals surface area contributed by atoms with Crippen LogP contribution in [0.15, 0.2) is 24.5 Å². The van der Waals surface area contributed by atoms with Crippen molar-refractivity contribution in [3.8, 4) is 0 Å². The molecule has 2 saturated heterocycles. The zero-order chi connectivity index (χ0) is 18.8. The summed E-state index contributed by atoms with van der Waals surface area (Å²) in [5.74, 6) is 0.394. The van der Waals surface area contributed by atoms with Crippen LogP contribution in [0.3, 0.4) is 0 Å². The summed E-state index contributed by atoms with van der Waals surface area (Å²) in [4.78, 5) is 27.5. The van der Waals surface area contributed by atoms with Gasteiger partial charge in [0, 0.05) is 25.7 Å². The van der Waals surface area contributed by atoms with Crippen LogP contribution in [0.2, 0.25) is 0 Å². The Hall–Kier alpha value is -2.45. The van der Waals surface area contributed by atoms with Gasteiger partial charge in [-0.25, -0.2) is 9.31 Å². The minimum absolute atomic E-state index is 0.223. The van der Waals surface area contributed by atoms with Gasteiger partial charge in [0.1, 0.15) is 0 Å². The molecule has 2 fully saturated rings. The predicted molar refractivity (Wildman–Crippen MR) is 101 cm³/mol. The van der Waals surface area contributed by atoms with Gasteiger partial charge in [-0.3, -0.25) is 15.0 Å².